The number of carbonyl (C=O) groups excluding carboxylic acids is 2. The van der Waals surface area contributed by atoms with Crippen molar-refractivity contribution in [1.29, 1.82) is 0 Å². The summed E-state index contributed by atoms with van der Waals surface area (Å²) in [5, 5.41) is 2.47. The Bertz CT molecular complexity index is 701. The van der Waals surface area contributed by atoms with Crippen molar-refractivity contribution < 1.29 is 18.7 Å². The van der Waals surface area contributed by atoms with Gasteiger partial charge in [0.2, 0.25) is 0 Å². The number of amides is 1. The summed E-state index contributed by atoms with van der Waals surface area (Å²) in [4.78, 5) is 27.2. The molecule has 0 atom stereocenters. The third-order valence-electron chi connectivity index (χ3n) is 2.97. The number of aromatic nitrogens is 1. The molecular formula is C15H13FN2O3. The molecule has 1 heterocycles. The van der Waals surface area contributed by atoms with Crippen LogP contribution in [0.4, 0.5) is 4.39 Å². The summed E-state index contributed by atoms with van der Waals surface area (Å²) in [7, 11) is 2.71. The summed E-state index contributed by atoms with van der Waals surface area (Å²) in [5.74, 6) is -1.54. The molecule has 1 aromatic heterocycles. The van der Waals surface area contributed by atoms with Gasteiger partial charge in [0.05, 0.1) is 18.9 Å². The summed E-state index contributed by atoms with van der Waals surface area (Å²) < 4.78 is 18.5. The molecule has 0 aliphatic carbocycles. The van der Waals surface area contributed by atoms with Crippen molar-refractivity contribution in [2.75, 3.05) is 14.2 Å². The quantitative estimate of drug-likeness (QED) is 0.877. The number of ether oxygens (including phenoxy) is 1. The summed E-state index contributed by atoms with van der Waals surface area (Å²) in [6, 6.07) is 5.83. The molecule has 1 aromatic carbocycles. The molecule has 2 rings (SSSR count). The fraction of sp³-hybridized carbons (Fsp3) is 0.133. The number of halogens is 1. The normalized spacial score (nSPS) is 10.0. The summed E-state index contributed by atoms with van der Waals surface area (Å²) in [6.45, 7) is 0. The Labute approximate surface area is 120 Å². The third-order valence-corrected chi connectivity index (χ3v) is 2.97. The molecule has 0 saturated carbocycles. The van der Waals surface area contributed by atoms with Gasteiger partial charge >= 0.3 is 5.97 Å². The van der Waals surface area contributed by atoms with E-state index in [-0.39, 0.29) is 16.7 Å². The predicted octanol–water partition coefficient (Wildman–Crippen LogP) is 2.03. The maximum atomic E-state index is 13.9. The van der Waals surface area contributed by atoms with Crippen LogP contribution in [0, 0.1) is 5.82 Å². The molecule has 0 spiro atoms. The van der Waals surface area contributed by atoms with E-state index < -0.39 is 17.7 Å². The standard InChI is InChI=1S/C15H13FN2O3/c1-17-14(19)12-7-9(15(20)21-2)3-4-10(12)11-5-6-18-8-13(11)16/h3-8H,1-2H3,(H,17,19). The van der Waals surface area contributed by atoms with Crippen molar-refractivity contribution in [2.24, 2.45) is 0 Å². The third kappa shape index (κ3) is 2.89. The minimum absolute atomic E-state index is 0.186. The fourth-order valence-corrected chi connectivity index (χ4v) is 1.94. The Morgan fingerprint density at radius 3 is 2.62 bits per heavy atom. The van der Waals surface area contributed by atoms with Crippen LogP contribution in [0.3, 0.4) is 0 Å². The lowest BCUT2D eigenvalue weighted by atomic mass is 9.97. The van der Waals surface area contributed by atoms with E-state index in [2.05, 4.69) is 15.0 Å². The predicted molar refractivity (Wildman–Crippen MR) is 74.4 cm³/mol. The maximum Gasteiger partial charge on any atom is 0.337 e. The molecule has 0 bridgehead atoms. The van der Waals surface area contributed by atoms with E-state index in [4.69, 9.17) is 0 Å². The Morgan fingerprint density at radius 2 is 2.00 bits per heavy atom. The molecule has 0 unspecified atom stereocenters. The van der Waals surface area contributed by atoms with E-state index in [1.54, 1.807) is 0 Å². The highest BCUT2D eigenvalue weighted by atomic mass is 19.1. The van der Waals surface area contributed by atoms with Gasteiger partial charge in [0.25, 0.3) is 5.91 Å². The first-order chi connectivity index (χ1) is 10.1. The number of pyridine rings is 1. The zero-order valence-corrected chi connectivity index (χ0v) is 11.5. The van der Waals surface area contributed by atoms with Crippen LogP contribution in [0.5, 0.6) is 0 Å². The number of nitrogens with one attached hydrogen (secondary N) is 1. The first-order valence-corrected chi connectivity index (χ1v) is 6.12. The molecule has 0 saturated heterocycles. The Balaban J connectivity index is 2.63. The molecule has 21 heavy (non-hydrogen) atoms. The number of hydrogen-bond donors (Lipinski definition) is 1. The average molecular weight is 288 g/mol. The number of rotatable bonds is 3. The van der Waals surface area contributed by atoms with Crippen molar-refractivity contribution in [1.82, 2.24) is 10.3 Å². The lowest BCUT2D eigenvalue weighted by Crippen LogP contribution is -2.19. The van der Waals surface area contributed by atoms with Gasteiger partial charge in [-0.25, -0.2) is 9.18 Å². The van der Waals surface area contributed by atoms with Gasteiger partial charge in [0.1, 0.15) is 5.82 Å². The van der Waals surface area contributed by atoms with Crippen LogP contribution in [0.25, 0.3) is 11.1 Å². The molecule has 6 heteroatoms. The Kier molecular flexibility index (Phi) is 4.27. The van der Waals surface area contributed by atoms with Gasteiger partial charge < -0.3 is 10.1 Å². The minimum Gasteiger partial charge on any atom is -0.465 e. The molecular weight excluding hydrogens is 275 g/mol. The molecule has 5 nitrogen and oxygen atoms in total. The summed E-state index contributed by atoms with van der Waals surface area (Å²) in [6.07, 6.45) is 2.50. The molecule has 1 N–H and O–H groups in total. The van der Waals surface area contributed by atoms with E-state index in [1.807, 2.05) is 0 Å². The zero-order valence-electron chi connectivity index (χ0n) is 11.5. The lowest BCUT2D eigenvalue weighted by Gasteiger charge is -2.11. The Morgan fingerprint density at radius 1 is 1.24 bits per heavy atom. The number of nitrogens with zero attached hydrogens (tertiary/aromatic N) is 1. The molecule has 0 aliphatic heterocycles. The van der Waals surface area contributed by atoms with Crippen LogP contribution in [0.2, 0.25) is 0 Å². The number of methoxy groups -OCH3 is 1. The average Bonchev–Trinajstić information content (AvgIpc) is 2.53. The van der Waals surface area contributed by atoms with Gasteiger partial charge in [0, 0.05) is 24.4 Å². The van der Waals surface area contributed by atoms with Gasteiger partial charge in [-0.05, 0) is 23.8 Å². The van der Waals surface area contributed by atoms with Crippen molar-refractivity contribution >= 4 is 11.9 Å². The SMILES string of the molecule is CNC(=O)c1cc(C(=O)OC)ccc1-c1ccncc1F. The molecule has 2 aromatic rings. The highest BCUT2D eigenvalue weighted by Gasteiger charge is 2.17. The maximum absolute atomic E-state index is 13.9. The minimum atomic E-state index is -0.568. The second kappa shape index (κ2) is 6.13. The van der Waals surface area contributed by atoms with Crippen LogP contribution in [0.1, 0.15) is 20.7 Å². The number of benzene rings is 1. The van der Waals surface area contributed by atoms with Crippen molar-refractivity contribution in [3.63, 3.8) is 0 Å². The monoisotopic (exact) mass is 288 g/mol. The lowest BCUT2D eigenvalue weighted by molar-refractivity contribution is 0.0600. The number of carbonyl (C=O) groups is 2. The van der Waals surface area contributed by atoms with Crippen LogP contribution >= 0.6 is 0 Å². The molecule has 108 valence electrons. The van der Waals surface area contributed by atoms with Crippen LogP contribution in [-0.4, -0.2) is 31.0 Å². The van der Waals surface area contributed by atoms with Crippen molar-refractivity contribution in [2.45, 2.75) is 0 Å². The molecule has 1 amide bonds. The molecule has 0 radical (unpaired) electrons. The summed E-state index contributed by atoms with van der Waals surface area (Å²) in [5.41, 5.74) is 1.02. The number of hydrogen-bond acceptors (Lipinski definition) is 4. The van der Waals surface area contributed by atoms with E-state index >= 15 is 0 Å². The zero-order chi connectivity index (χ0) is 15.4. The van der Waals surface area contributed by atoms with E-state index in [0.717, 1.165) is 6.20 Å². The van der Waals surface area contributed by atoms with Gasteiger partial charge in [-0.2, -0.15) is 0 Å². The van der Waals surface area contributed by atoms with Gasteiger partial charge in [0.15, 0.2) is 0 Å². The largest absolute Gasteiger partial charge is 0.465 e. The topological polar surface area (TPSA) is 68.3 Å². The molecule has 0 fully saturated rings. The van der Waals surface area contributed by atoms with E-state index in [0.29, 0.717) is 5.56 Å². The second-order valence-corrected chi connectivity index (χ2v) is 4.19. The smallest absolute Gasteiger partial charge is 0.337 e. The van der Waals surface area contributed by atoms with Gasteiger partial charge in [-0.1, -0.05) is 6.07 Å². The van der Waals surface area contributed by atoms with Crippen LogP contribution in [-0.2, 0) is 4.74 Å². The highest BCUT2D eigenvalue weighted by molar-refractivity contribution is 6.03. The van der Waals surface area contributed by atoms with Gasteiger partial charge in [-0.3, -0.25) is 9.78 Å². The van der Waals surface area contributed by atoms with E-state index in [1.165, 1.54) is 44.6 Å². The second-order valence-electron chi connectivity index (χ2n) is 4.19. The van der Waals surface area contributed by atoms with Crippen LogP contribution < -0.4 is 5.32 Å². The van der Waals surface area contributed by atoms with Crippen molar-refractivity contribution in [3.05, 3.63) is 53.6 Å². The van der Waals surface area contributed by atoms with E-state index in [9.17, 15) is 14.0 Å². The first kappa shape index (κ1) is 14.6. The fourth-order valence-electron chi connectivity index (χ4n) is 1.94. The van der Waals surface area contributed by atoms with Crippen LogP contribution in [0.15, 0.2) is 36.7 Å². The highest BCUT2D eigenvalue weighted by Crippen LogP contribution is 2.27. The Hall–Kier alpha value is -2.76. The first-order valence-electron chi connectivity index (χ1n) is 6.12. The number of esters is 1. The van der Waals surface area contributed by atoms with Crippen molar-refractivity contribution in [3.8, 4) is 11.1 Å². The molecule has 0 aliphatic rings. The van der Waals surface area contributed by atoms with Gasteiger partial charge in [-0.15, -0.1) is 0 Å². The summed E-state index contributed by atoms with van der Waals surface area (Å²) >= 11 is 0.